The number of methoxy groups -OCH3 is 1. The predicted octanol–water partition coefficient (Wildman–Crippen LogP) is 3.36. The first-order valence-corrected chi connectivity index (χ1v) is 12.0. The van der Waals surface area contributed by atoms with E-state index >= 15 is 0 Å². The van der Waals surface area contributed by atoms with Crippen molar-refractivity contribution in [1.29, 1.82) is 0 Å². The third kappa shape index (κ3) is 3.95. The minimum Gasteiger partial charge on any atom is -0.496 e. The van der Waals surface area contributed by atoms with E-state index in [1.54, 1.807) is 44.0 Å². The van der Waals surface area contributed by atoms with E-state index in [4.69, 9.17) is 9.47 Å². The summed E-state index contributed by atoms with van der Waals surface area (Å²) in [6, 6.07) is 14.6. The fraction of sp³-hybridized carbons (Fsp3) is 0.185. The van der Waals surface area contributed by atoms with Crippen LogP contribution in [0.1, 0.15) is 31.0 Å². The van der Waals surface area contributed by atoms with Gasteiger partial charge in [0.25, 0.3) is 5.56 Å². The molecule has 0 unspecified atom stereocenters. The zero-order valence-electron chi connectivity index (χ0n) is 19.5. The lowest BCUT2D eigenvalue weighted by molar-refractivity contribution is -0.139. The number of esters is 1. The first kappa shape index (κ1) is 22.7. The van der Waals surface area contributed by atoms with Crippen molar-refractivity contribution in [2.75, 3.05) is 13.7 Å². The van der Waals surface area contributed by atoms with E-state index in [2.05, 4.69) is 9.98 Å². The van der Waals surface area contributed by atoms with Gasteiger partial charge in [0, 0.05) is 18.0 Å². The average molecular weight is 486 g/mol. The predicted molar refractivity (Wildman–Crippen MR) is 135 cm³/mol. The van der Waals surface area contributed by atoms with Crippen LogP contribution in [0.4, 0.5) is 0 Å². The number of carbonyl (C=O) groups is 1. The highest BCUT2D eigenvalue weighted by atomic mass is 32.1. The van der Waals surface area contributed by atoms with Gasteiger partial charge in [-0.15, -0.1) is 0 Å². The summed E-state index contributed by atoms with van der Waals surface area (Å²) in [7, 11) is 1.58. The van der Waals surface area contributed by atoms with Crippen molar-refractivity contribution >= 4 is 34.2 Å². The molecule has 0 saturated carbocycles. The molecular formula is C27H23N3O4S. The van der Waals surface area contributed by atoms with Crippen LogP contribution < -0.4 is 19.6 Å². The molecule has 0 aliphatic carbocycles. The average Bonchev–Trinajstić information content (AvgIpc) is 3.17. The van der Waals surface area contributed by atoms with Crippen molar-refractivity contribution in [3.8, 4) is 5.75 Å². The number of thiazole rings is 1. The Bertz CT molecular complexity index is 1650. The number of allylic oxidation sites excluding steroid dienone is 1. The third-order valence-electron chi connectivity index (χ3n) is 5.92. The molecule has 0 fully saturated rings. The fourth-order valence-electron chi connectivity index (χ4n) is 4.41. The number of hydrogen-bond acceptors (Lipinski definition) is 7. The Morgan fingerprint density at radius 2 is 2.00 bits per heavy atom. The minimum absolute atomic E-state index is 0.209. The van der Waals surface area contributed by atoms with Crippen molar-refractivity contribution in [3.05, 3.63) is 103 Å². The summed E-state index contributed by atoms with van der Waals surface area (Å²) in [5.74, 6) is 0.0716. The normalized spacial score (nSPS) is 15.6. The van der Waals surface area contributed by atoms with E-state index in [0.29, 0.717) is 26.4 Å². The van der Waals surface area contributed by atoms with E-state index in [0.717, 1.165) is 21.9 Å². The summed E-state index contributed by atoms with van der Waals surface area (Å²) in [5.41, 5.74) is 2.11. The number of rotatable bonds is 5. The van der Waals surface area contributed by atoms with Crippen LogP contribution in [0.15, 0.2) is 82.0 Å². The Kier molecular flexibility index (Phi) is 6.05. The molecule has 0 amide bonds. The number of fused-ring (bicyclic) bond motifs is 2. The summed E-state index contributed by atoms with van der Waals surface area (Å²) in [5, 5.41) is 1.86. The van der Waals surface area contributed by atoms with Crippen LogP contribution >= 0.6 is 11.3 Å². The van der Waals surface area contributed by atoms with Crippen LogP contribution in [0.2, 0.25) is 0 Å². The Morgan fingerprint density at radius 3 is 2.74 bits per heavy atom. The van der Waals surface area contributed by atoms with E-state index in [-0.39, 0.29) is 12.2 Å². The molecule has 1 atom stereocenters. The molecule has 0 bridgehead atoms. The van der Waals surface area contributed by atoms with Crippen LogP contribution in [-0.4, -0.2) is 29.2 Å². The van der Waals surface area contributed by atoms with Gasteiger partial charge in [-0.2, -0.15) is 0 Å². The lowest BCUT2D eigenvalue weighted by Crippen LogP contribution is -2.40. The van der Waals surface area contributed by atoms with Crippen molar-refractivity contribution in [3.63, 3.8) is 0 Å². The SMILES string of the molecule is CCOC(=O)C1=C(C)N=c2sc(=Cc3cccnc3)c(=O)n2[C@H]1c1c(OC)ccc2ccccc12. The molecule has 35 heavy (non-hydrogen) atoms. The summed E-state index contributed by atoms with van der Waals surface area (Å²) in [4.78, 5) is 36.3. The van der Waals surface area contributed by atoms with Crippen molar-refractivity contribution in [2.45, 2.75) is 19.9 Å². The summed E-state index contributed by atoms with van der Waals surface area (Å²) in [6.07, 6.45) is 5.16. The number of ether oxygens (including phenoxy) is 2. The van der Waals surface area contributed by atoms with Crippen molar-refractivity contribution in [1.82, 2.24) is 9.55 Å². The van der Waals surface area contributed by atoms with Crippen LogP contribution in [-0.2, 0) is 9.53 Å². The molecule has 0 N–H and O–H groups in total. The van der Waals surface area contributed by atoms with Crippen LogP contribution in [0.5, 0.6) is 5.75 Å². The Labute approximate surface area is 205 Å². The molecule has 2 aromatic heterocycles. The van der Waals surface area contributed by atoms with E-state index in [9.17, 15) is 9.59 Å². The van der Waals surface area contributed by atoms with Gasteiger partial charge < -0.3 is 9.47 Å². The highest BCUT2D eigenvalue weighted by Crippen LogP contribution is 2.40. The summed E-state index contributed by atoms with van der Waals surface area (Å²) >= 11 is 1.28. The number of pyridine rings is 1. The molecule has 0 spiro atoms. The van der Waals surface area contributed by atoms with Crippen LogP contribution in [0, 0.1) is 0 Å². The quantitative estimate of drug-likeness (QED) is 0.405. The van der Waals surface area contributed by atoms with Gasteiger partial charge in [0.05, 0.1) is 29.5 Å². The molecular weight excluding hydrogens is 462 g/mol. The number of nitrogens with zero attached hydrogens (tertiary/aromatic N) is 3. The lowest BCUT2D eigenvalue weighted by atomic mass is 9.90. The van der Waals surface area contributed by atoms with Gasteiger partial charge in [0.1, 0.15) is 11.8 Å². The Hall–Kier alpha value is -4.04. The van der Waals surface area contributed by atoms with Gasteiger partial charge >= 0.3 is 5.97 Å². The van der Waals surface area contributed by atoms with Crippen molar-refractivity contribution in [2.24, 2.45) is 4.99 Å². The van der Waals surface area contributed by atoms with Crippen LogP contribution in [0.3, 0.4) is 0 Å². The molecule has 2 aromatic carbocycles. The first-order chi connectivity index (χ1) is 17.0. The molecule has 5 rings (SSSR count). The lowest BCUT2D eigenvalue weighted by Gasteiger charge is -2.27. The second-order valence-electron chi connectivity index (χ2n) is 7.99. The number of carbonyl (C=O) groups excluding carboxylic acids is 1. The minimum atomic E-state index is -0.762. The highest BCUT2D eigenvalue weighted by Gasteiger charge is 2.36. The molecule has 1 aliphatic heterocycles. The number of benzene rings is 2. The van der Waals surface area contributed by atoms with Gasteiger partial charge in [-0.25, -0.2) is 9.79 Å². The van der Waals surface area contributed by atoms with Gasteiger partial charge in [0.2, 0.25) is 0 Å². The molecule has 1 aliphatic rings. The van der Waals surface area contributed by atoms with Crippen molar-refractivity contribution < 1.29 is 14.3 Å². The smallest absolute Gasteiger partial charge is 0.338 e. The molecule has 3 heterocycles. The third-order valence-corrected chi connectivity index (χ3v) is 6.91. The van der Waals surface area contributed by atoms with Crippen LogP contribution in [0.25, 0.3) is 16.8 Å². The first-order valence-electron chi connectivity index (χ1n) is 11.2. The molecule has 0 saturated heterocycles. The Morgan fingerprint density at radius 1 is 1.17 bits per heavy atom. The summed E-state index contributed by atoms with van der Waals surface area (Å²) < 4.78 is 13.3. The molecule has 4 aromatic rings. The van der Waals surface area contributed by atoms with Gasteiger partial charge in [-0.3, -0.25) is 14.3 Å². The molecule has 7 nitrogen and oxygen atoms in total. The largest absolute Gasteiger partial charge is 0.496 e. The van der Waals surface area contributed by atoms with E-state index < -0.39 is 12.0 Å². The zero-order valence-corrected chi connectivity index (χ0v) is 20.3. The Balaban J connectivity index is 1.86. The molecule has 176 valence electrons. The van der Waals surface area contributed by atoms with Gasteiger partial charge in [0.15, 0.2) is 4.80 Å². The van der Waals surface area contributed by atoms with Gasteiger partial charge in [-0.05, 0) is 48.4 Å². The topological polar surface area (TPSA) is 82.8 Å². The zero-order chi connectivity index (χ0) is 24.5. The highest BCUT2D eigenvalue weighted by molar-refractivity contribution is 7.07. The standard InChI is InChI=1S/C27H23N3O4S/c1-4-34-26(32)22-16(2)29-27-30(25(31)21(35-27)14-17-8-7-13-28-15-17)24(22)23-19-10-6-5-9-18(19)11-12-20(23)33-3/h5-15,24H,4H2,1-3H3/t24-/m1/s1. The maximum Gasteiger partial charge on any atom is 0.338 e. The maximum absolute atomic E-state index is 13.8. The number of aromatic nitrogens is 2. The second kappa shape index (κ2) is 9.31. The maximum atomic E-state index is 13.8. The molecule has 8 heteroatoms. The number of hydrogen-bond donors (Lipinski definition) is 0. The summed E-state index contributed by atoms with van der Waals surface area (Å²) in [6.45, 7) is 3.74. The molecule has 0 radical (unpaired) electrons. The van der Waals surface area contributed by atoms with Gasteiger partial charge in [-0.1, -0.05) is 47.7 Å². The van der Waals surface area contributed by atoms with E-state index in [1.807, 2.05) is 48.5 Å². The van der Waals surface area contributed by atoms with E-state index in [1.165, 1.54) is 11.3 Å². The monoisotopic (exact) mass is 485 g/mol. The second-order valence-corrected chi connectivity index (χ2v) is 9.00. The fourth-order valence-corrected chi connectivity index (χ4v) is 5.46.